The molecule has 0 spiro atoms. The van der Waals surface area contributed by atoms with Crippen molar-refractivity contribution in [2.45, 2.75) is 26.3 Å². The molecule has 0 radical (unpaired) electrons. The second-order valence-electron chi connectivity index (χ2n) is 6.32. The third kappa shape index (κ3) is 4.14. The number of rotatable bonds is 5. The zero-order valence-corrected chi connectivity index (χ0v) is 14.4. The fraction of sp³-hybridized carbons (Fsp3) is 0.444. The molecule has 6 heteroatoms. The summed E-state index contributed by atoms with van der Waals surface area (Å²) in [7, 11) is 1.82. The number of carbonyl (C=O) groups is 1. The van der Waals surface area contributed by atoms with Crippen LogP contribution >= 0.6 is 0 Å². The van der Waals surface area contributed by atoms with Crippen molar-refractivity contribution >= 4 is 11.8 Å². The van der Waals surface area contributed by atoms with Gasteiger partial charge in [0.05, 0.1) is 5.69 Å². The molecule has 1 aliphatic heterocycles. The van der Waals surface area contributed by atoms with E-state index in [1.54, 1.807) is 4.68 Å². The molecule has 0 bridgehead atoms. The van der Waals surface area contributed by atoms with Gasteiger partial charge in [0.2, 0.25) is 0 Å². The second-order valence-corrected chi connectivity index (χ2v) is 6.32. The molecule has 1 aromatic heterocycles. The van der Waals surface area contributed by atoms with Crippen molar-refractivity contribution in [3.05, 3.63) is 47.2 Å². The first kappa shape index (κ1) is 16.5. The first-order valence-electron chi connectivity index (χ1n) is 8.46. The summed E-state index contributed by atoms with van der Waals surface area (Å²) in [5.74, 6) is 0.706. The van der Waals surface area contributed by atoms with E-state index in [1.165, 1.54) is 11.1 Å². The summed E-state index contributed by atoms with van der Waals surface area (Å²) in [6, 6.07) is 10.3. The van der Waals surface area contributed by atoms with Crippen molar-refractivity contribution in [2.24, 2.45) is 7.05 Å². The molecule has 24 heavy (non-hydrogen) atoms. The van der Waals surface area contributed by atoms with E-state index >= 15 is 0 Å². The number of aryl methyl sites for hydroxylation is 2. The van der Waals surface area contributed by atoms with Crippen LogP contribution < -0.4 is 10.6 Å². The van der Waals surface area contributed by atoms with Gasteiger partial charge in [-0.3, -0.25) is 14.9 Å². The van der Waals surface area contributed by atoms with Crippen LogP contribution in [0.5, 0.6) is 0 Å². The van der Waals surface area contributed by atoms with Crippen molar-refractivity contribution in [3.8, 4) is 0 Å². The molecule has 0 unspecified atom stereocenters. The van der Waals surface area contributed by atoms with Gasteiger partial charge in [-0.25, -0.2) is 4.79 Å². The number of hydrogen-bond acceptors (Lipinski definition) is 3. The molecule has 0 fully saturated rings. The Labute approximate surface area is 142 Å². The molecule has 0 aliphatic carbocycles. The van der Waals surface area contributed by atoms with Crippen LogP contribution in [-0.4, -0.2) is 40.3 Å². The Morgan fingerprint density at radius 3 is 2.83 bits per heavy atom. The highest BCUT2D eigenvalue weighted by molar-refractivity contribution is 5.88. The highest BCUT2D eigenvalue weighted by Gasteiger charge is 2.15. The molecule has 2 N–H and O–H groups in total. The lowest BCUT2D eigenvalue weighted by Gasteiger charge is -2.28. The topological polar surface area (TPSA) is 62.2 Å². The fourth-order valence-electron chi connectivity index (χ4n) is 3.14. The summed E-state index contributed by atoms with van der Waals surface area (Å²) in [5.41, 5.74) is 3.79. The van der Waals surface area contributed by atoms with Crippen molar-refractivity contribution in [2.75, 3.05) is 25.0 Å². The smallest absolute Gasteiger partial charge is 0.320 e. The number of nitrogens with one attached hydrogen (secondary N) is 2. The summed E-state index contributed by atoms with van der Waals surface area (Å²) in [5, 5.41) is 9.94. The van der Waals surface area contributed by atoms with Gasteiger partial charge in [0.1, 0.15) is 5.82 Å². The largest absolute Gasteiger partial charge is 0.338 e. The minimum atomic E-state index is -0.179. The van der Waals surface area contributed by atoms with Gasteiger partial charge in [0, 0.05) is 39.3 Å². The van der Waals surface area contributed by atoms with E-state index in [1.807, 2.05) is 20.0 Å². The molecule has 0 saturated carbocycles. The molecule has 1 aliphatic rings. The first-order valence-corrected chi connectivity index (χ1v) is 8.46. The summed E-state index contributed by atoms with van der Waals surface area (Å²) in [6.07, 6.45) is 2.06. The predicted molar refractivity (Wildman–Crippen MR) is 95.0 cm³/mol. The number of benzene rings is 1. The van der Waals surface area contributed by atoms with Crippen LogP contribution in [0, 0.1) is 6.92 Å². The normalized spacial score (nSPS) is 14.2. The Bertz CT molecular complexity index is 709. The van der Waals surface area contributed by atoms with Crippen LogP contribution in [0.2, 0.25) is 0 Å². The van der Waals surface area contributed by atoms with Crippen LogP contribution in [-0.2, 0) is 20.0 Å². The molecule has 2 heterocycles. The maximum atomic E-state index is 11.9. The summed E-state index contributed by atoms with van der Waals surface area (Å²) in [4.78, 5) is 14.4. The average molecular weight is 327 g/mol. The number of hydrogen-bond donors (Lipinski definition) is 2. The van der Waals surface area contributed by atoms with Gasteiger partial charge >= 0.3 is 6.03 Å². The average Bonchev–Trinajstić information content (AvgIpc) is 2.89. The summed E-state index contributed by atoms with van der Waals surface area (Å²) < 4.78 is 1.67. The standard InChI is InChI=1S/C18H25N5O/c1-14-12-17(22(2)21-14)20-18(24)19-9-5-10-23-11-8-15-6-3-4-7-16(15)13-23/h3-4,6-7,12H,5,8-11,13H2,1-2H3,(H2,19,20,24). The highest BCUT2D eigenvalue weighted by Crippen LogP contribution is 2.18. The molecule has 1 aromatic carbocycles. The lowest BCUT2D eigenvalue weighted by Crippen LogP contribution is -2.35. The number of nitrogens with zero attached hydrogens (tertiary/aromatic N) is 3. The molecular formula is C18H25N5O. The second kappa shape index (κ2) is 7.49. The highest BCUT2D eigenvalue weighted by atomic mass is 16.2. The molecule has 128 valence electrons. The molecule has 0 atom stereocenters. The SMILES string of the molecule is Cc1cc(NC(=O)NCCCN2CCc3ccccc3C2)n(C)n1. The quantitative estimate of drug-likeness (QED) is 0.828. The van der Waals surface area contributed by atoms with E-state index in [0.717, 1.165) is 38.2 Å². The maximum Gasteiger partial charge on any atom is 0.320 e. The number of fused-ring (bicyclic) bond motifs is 1. The zero-order valence-electron chi connectivity index (χ0n) is 14.4. The minimum absolute atomic E-state index is 0.179. The Morgan fingerprint density at radius 1 is 1.29 bits per heavy atom. The van der Waals surface area contributed by atoms with Crippen LogP contribution in [0.4, 0.5) is 10.6 Å². The van der Waals surface area contributed by atoms with Gasteiger partial charge in [-0.15, -0.1) is 0 Å². The van der Waals surface area contributed by atoms with Gasteiger partial charge in [-0.2, -0.15) is 5.10 Å². The van der Waals surface area contributed by atoms with Crippen LogP contribution in [0.1, 0.15) is 23.2 Å². The monoisotopic (exact) mass is 327 g/mol. The third-order valence-electron chi connectivity index (χ3n) is 4.39. The Hall–Kier alpha value is -2.34. The van der Waals surface area contributed by atoms with Crippen molar-refractivity contribution in [1.29, 1.82) is 0 Å². The van der Waals surface area contributed by atoms with E-state index in [9.17, 15) is 4.79 Å². The number of anilines is 1. The zero-order chi connectivity index (χ0) is 16.9. The van der Waals surface area contributed by atoms with Crippen molar-refractivity contribution < 1.29 is 4.79 Å². The maximum absolute atomic E-state index is 11.9. The first-order chi connectivity index (χ1) is 11.6. The van der Waals surface area contributed by atoms with E-state index in [-0.39, 0.29) is 6.03 Å². The Balaban J connectivity index is 1.37. The molecule has 6 nitrogen and oxygen atoms in total. The van der Waals surface area contributed by atoms with Gasteiger partial charge in [-0.1, -0.05) is 24.3 Å². The summed E-state index contributed by atoms with van der Waals surface area (Å²) in [6.45, 7) is 5.67. The fourth-order valence-corrected chi connectivity index (χ4v) is 3.14. The number of urea groups is 1. The van der Waals surface area contributed by atoms with Crippen LogP contribution in [0.15, 0.2) is 30.3 Å². The lowest BCUT2D eigenvalue weighted by atomic mass is 10.00. The molecule has 2 aromatic rings. The van der Waals surface area contributed by atoms with Gasteiger partial charge in [0.25, 0.3) is 0 Å². The van der Waals surface area contributed by atoms with Crippen molar-refractivity contribution in [1.82, 2.24) is 20.0 Å². The van der Waals surface area contributed by atoms with E-state index in [4.69, 9.17) is 0 Å². The van der Waals surface area contributed by atoms with Gasteiger partial charge in [0.15, 0.2) is 0 Å². The van der Waals surface area contributed by atoms with Crippen molar-refractivity contribution in [3.63, 3.8) is 0 Å². The van der Waals surface area contributed by atoms with Gasteiger partial charge < -0.3 is 5.32 Å². The molecular weight excluding hydrogens is 302 g/mol. The Morgan fingerprint density at radius 2 is 2.08 bits per heavy atom. The summed E-state index contributed by atoms with van der Waals surface area (Å²) >= 11 is 0. The minimum Gasteiger partial charge on any atom is -0.338 e. The van der Waals surface area contributed by atoms with Gasteiger partial charge in [-0.05, 0) is 30.9 Å². The van der Waals surface area contributed by atoms with Crippen LogP contribution in [0.3, 0.4) is 0 Å². The Kier molecular flexibility index (Phi) is 5.15. The van der Waals surface area contributed by atoms with E-state index < -0.39 is 0 Å². The molecule has 0 saturated heterocycles. The van der Waals surface area contributed by atoms with E-state index in [0.29, 0.717) is 12.4 Å². The number of aromatic nitrogens is 2. The molecule has 3 rings (SSSR count). The number of amides is 2. The molecule has 2 amide bonds. The third-order valence-corrected chi connectivity index (χ3v) is 4.39. The number of carbonyl (C=O) groups excluding carboxylic acids is 1. The predicted octanol–water partition coefficient (Wildman–Crippen LogP) is 2.30. The van der Waals surface area contributed by atoms with E-state index in [2.05, 4.69) is 44.9 Å². The lowest BCUT2D eigenvalue weighted by molar-refractivity contribution is 0.242. The van der Waals surface area contributed by atoms with Crippen LogP contribution in [0.25, 0.3) is 0 Å².